The molecule has 0 fully saturated rings. The van der Waals surface area contributed by atoms with Gasteiger partial charge in [-0.2, -0.15) is 0 Å². The summed E-state index contributed by atoms with van der Waals surface area (Å²) in [6.07, 6.45) is 4.22. The molecule has 0 saturated carbocycles. The Labute approximate surface area is 133 Å². The number of nitrogens with zero attached hydrogens (tertiary/aromatic N) is 1. The first kappa shape index (κ1) is 16.9. The van der Waals surface area contributed by atoms with Gasteiger partial charge >= 0.3 is 0 Å². The van der Waals surface area contributed by atoms with E-state index >= 15 is 0 Å². The zero-order valence-electron chi connectivity index (χ0n) is 14.4. The average molecular weight is 311 g/mol. The molecule has 120 valence electrons. The summed E-state index contributed by atoms with van der Waals surface area (Å²) in [6, 6.07) is 0.433. The summed E-state index contributed by atoms with van der Waals surface area (Å²) in [5.74, 6) is 0. The monoisotopic (exact) mass is 310 g/mol. The van der Waals surface area contributed by atoms with Crippen LogP contribution < -0.4 is 5.32 Å². The van der Waals surface area contributed by atoms with Crippen molar-refractivity contribution >= 4 is 11.3 Å². The Morgan fingerprint density at radius 2 is 2.00 bits per heavy atom. The molecule has 1 aliphatic carbocycles. The SMILES string of the molecule is CCOC(CC)(CC)c1nc2c(s1)C(NC)CC(C)(C)C2. The number of rotatable bonds is 6. The normalized spacial score (nSPS) is 21.3. The summed E-state index contributed by atoms with van der Waals surface area (Å²) in [7, 11) is 2.06. The predicted molar refractivity (Wildman–Crippen MR) is 89.9 cm³/mol. The molecule has 0 radical (unpaired) electrons. The van der Waals surface area contributed by atoms with Crippen LogP contribution in [0.3, 0.4) is 0 Å². The molecule has 1 aromatic heterocycles. The van der Waals surface area contributed by atoms with E-state index in [9.17, 15) is 0 Å². The molecule has 0 saturated heterocycles. The molecule has 0 amide bonds. The van der Waals surface area contributed by atoms with Gasteiger partial charge in [0.25, 0.3) is 0 Å². The van der Waals surface area contributed by atoms with Crippen LogP contribution in [0.15, 0.2) is 0 Å². The van der Waals surface area contributed by atoms with Crippen molar-refractivity contribution < 1.29 is 4.74 Å². The maximum absolute atomic E-state index is 6.14. The summed E-state index contributed by atoms with van der Waals surface area (Å²) >= 11 is 1.87. The second-order valence-corrected chi connectivity index (χ2v) is 7.88. The smallest absolute Gasteiger partial charge is 0.125 e. The molecule has 3 nitrogen and oxygen atoms in total. The van der Waals surface area contributed by atoms with Gasteiger partial charge in [0.1, 0.15) is 10.6 Å². The molecule has 2 rings (SSSR count). The first-order valence-electron chi connectivity index (χ1n) is 8.22. The van der Waals surface area contributed by atoms with E-state index in [-0.39, 0.29) is 5.60 Å². The molecule has 1 unspecified atom stereocenters. The van der Waals surface area contributed by atoms with Gasteiger partial charge in [-0.25, -0.2) is 4.98 Å². The second kappa shape index (κ2) is 6.35. The van der Waals surface area contributed by atoms with Crippen LogP contribution in [0.5, 0.6) is 0 Å². The van der Waals surface area contributed by atoms with Crippen molar-refractivity contribution in [3.8, 4) is 0 Å². The minimum atomic E-state index is -0.195. The highest BCUT2D eigenvalue weighted by Gasteiger charge is 2.39. The van der Waals surface area contributed by atoms with Gasteiger partial charge in [-0.05, 0) is 45.1 Å². The van der Waals surface area contributed by atoms with Gasteiger partial charge in [-0.1, -0.05) is 27.7 Å². The van der Waals surface area contributed by atoms with Gasteiger partial charge in [0.15, 0.2) is 0 Å². The zero-order chi connectivity index (χ0) is 15.7. The van der Waals surface area contributed by atoms with E-state index in [1.807, 2.05) is 11.3 Å². The largest absolute Gasteiger partial charge is 0.368 e. The Kier molecular flexibility index (Phi) is 5.11. The minimum absolute atomic E-state index is 0.195. The van der Waals surface area contributed by atoms with Crippen molar-refractivity contribution in [2.75, 3.05) is 13.7 Å². The number of fused-ring (bicyclic) bond motifs is 1. The van der Waals surface area contributed by atoms with E-state index in [1.54, 1.807) is 0 Å². The molecule has 1 atom stereocenters. The Balaban J connectivity index is 2.43. The fraction of sp³-hybridized carbons (Fsp3) is 0.824. The fourth-order valence-corrected chi connectivity index (χ4v) is 4.93. The molecule has 1 aliphatic rings. The van der Waals surface area contributed by atoms with Gasteiger partial charge in [0, 0.05) is 17.5 Å². The third kappa shape index (κ3) is 3.17. The van der Waals surface area contributed by atoms with Gasteiger partial charge < -0.3 is 10.1 Å². The Morgan fingerprint density at radius 3 is 2.52 bits per heavy atom. The van der Waals surface area contributed by atoms with Crippen LogP contribution in [0.2, 0.25) is 0 Å². The first-order valence-corrected chi connectivity index (χ1v) is 9.04. The highest BCUT2D eigenvalue weighted by molar-refractivity contribution is 7.12. The number of thiazole rings is 1. The molecule has 4 heteroatoms. The quantitative estimate of drug-likeness (QED) is 0.844. The Morgan fingerprint density at radius 1 is 1.33 bits per heavy atom. The molecule has 0 spiro atoms. The Bertz CT molecular complexity index is 477. The lowest BCUT2D eigenvalue weighted by atomic mass is 9.76. The summed E-state index contributed by atoms with van der Waals surface area (Å²) in [5.41, 5.74) is 1.41. The van der Waals surface area contributed by atoms with Crippen molar-refractivity contribution in [2.45, 2.75) is 71.9 Å². The average Bonchev–Trinajstić information content (AvgIpc) is 2.86. The summed E-state index contributed by atoms with van der Waals surface area (Å²) < 4.78 is 6.14. The topological polar surface area (TPSA) is 34.1 Å². The van der Waals surface area contributed by atoms with E-state index in [2.05, 4.69) is 47.0 Å². The third-order valence-corrected chi connectivity index (χ3v) is 6.14. The molecule has 0 aliphatic heterocycles. The molecule has 0 aromatic carbocycles. The molecule has 1 heterocycles. The number of nitrogens with one attached hydrogen (secondary N) is 1. The zero-order valence-corrected chi connectivity index (χ0v) is 15.2. The molecule has 1 aromatic rings. The summed E-state index contributed by atoms with van der Waals surface area (Å²) in [5, 5.41) is 4.66. The van der Waals surface area contributed by atoms with E-state index in [0.717, 1.165) is 25.9 Å². The third-order valence-electron chi connectivity index (χ3n) is 4.75. The van der Waals surface area contributed by atoms with Crippen molar-refractivity contribution in [3.63, 3.8) is 0 Å². The maximum atomic E-state index is 6.14. The molecule has 21 heavy (non-hydrogen) atoms. The number of hydrogen-bond donors (Lipinski definition) is 1. The van der Waals surface area contributed by atoms with Crippen molar-refractivity contribution in [2.24, 2.45) is 5.41 Å². The van der Waals surface area contributed by atoms with Gasteiger partial charge in [-0.15, -0.1) is 11.3 Å². The predicted octanol–water partition coefficient (Wildman–Crippen LogP) is 4.43. The van der Waals surface area contributed by atoms with E-state index in [4.69, 9.17) is 9.72 Å². The van der Waals surface area contributed by atoms with Crippen molar-refractivity contribution in [3.05, 3.63) is 15.6 Å². The molecule has 0 bridgehead atoms. The molecular weight excluding hydrogens is 280 g/mol. The van der Waals surface area contributed by atoms with Crippen molar-refractivity contribution in [1.82, 2.24) is 10.3 Å². The number of ether oxygens (including phenoxy) is 1. The van der Waals surface area contributed by atoms with E-state index in [1.165, 1.54) is 22.0 Å². The van der Waals surface area contributed by atoms with E-state index in [0.29, 0.717) is 11.5 Å². The van der Waals surface area contributed by atoms with Crippen LogP contribution in [0.25, 0.3) is 0 Å². The molecule has 1 N–H and O–H groups in total. The summed E-state index contributed by atoms with van der Waals surface area (Å²) in [6.45, 7) is 11.9. The van der Waals surface area contributed by atoms with Crippen LogP contribution in [0.1, 0.15) is 75.5 Å². The van der Waals surface area contributed by atoms with Crippen LogP contribution in [0.4, 0.5) is 0 Å². The first-order chi connectivity index (χ1) is 9.91. The fourth-order valence-electron chi connectivity index (χ4n) is 3.46. The summed E-state index contributed by atoms with van der Waals surface area (Å²) in [4.78, 5) is 6.46. The van der Waals surface area contributed by atoms with Gasteiger partial charge in [0.2, 0.25) is 0 Å². The maximum Gasteiger partial charge on any atom is 0.125 e. The van der Waals surface area contributed by atoms with Crippen molar-refractivity contribution in [1.29, 1.82) is 0 Å². The lowest BCUT2D eigenvalue weighted by Crippen LogP contribution is -2.31. The standard InChI is InChI=1S/C17H30N2OS/c1-7-17(8-2,20-9-3)15-19-13-11-16(4,5)10-12(18-6)14(13)21-15/h12,18H,7-11H2,1-6H3. The van der Waals surface area contributed by atoms with Crippen LogP contribution >= 0.6 is 11.3 Å². The van der Waals surface area contributed by atoms with Gasteiger partial charge in [0.05, 0.1) is 5.69 Å². The number of hydrogen-bond acceptors (Lipinski definition) is 4. The highest BCUT2D eigenvalue weighted by atomic mass is 32.1. The lowest BCUT2D eigenvalue weighted by molar-refractivity contribution is -0.0507. The number of aromatic nitrogens is 1. The van der Waals surface area contributed by atoms with Gasteiger partial charge in [-0.3, -0.25) is 0 Å². The molecular formula is C17H30N2OS. The Hall–Kier alpha value is -0.450. The lowest BCUT2D eigenvalue weighted by Gasteiger charge is -2.34. The van der Waals surface area contributed by atoms with E-state index < -0.39 is 0 Å². The van der Waals surface area contributed by atoms with Crippen LogP contribution in [-0.4, -0.2) is 18.6 Å². The van der Waals surface area contributed by atoms with Crippen LogP contribution in [-0.2, 0) is 16.8 Å². The minimum Gasteiger partial charge on any atom is -0.368 e. The second-order valence-electron chi connectivity index (χ2n) is 6.85. The highest BCUT2D eigenvalue weighted by Crippen LogP contribution is 2.46. The van der Waals surface area contributed by atoms with Crippen LogP contribution in [0, 0.1) is 5.41 Å².